The van der Waals surface area contributed by atoms with E-state index in [4.69, 9.17) is 0 Å². The predicted molar refractivity (Wildman–Crippen MR) is 74.4 cm³/mol. The highest BCUT2D eigenvalue weighted by atomic mass is 16.4. The first-order valence-electron chi connectivity index (χ1n) is 7.83. The molecule has 0 spiro atoms. The maximum absolute atomic E-state index is 11.3. The number of nitrogens with zero attached hydrogens (tertiary/aromatic N) is 2. The van der Waals surface area contributed by atoms with Crippen LogP contribution in [0.4, 0.5) is 0 Å². The van der Waals surface area contributed by atoms with Crippen molar-refractivity contribution in [1.29, 1.82) is 0 Å². The van der Waals surface area contributed by atoms with Crippen molar-refractivity contribution >= 4 is 5.97 Å². The minimum Gasteiger partial charge on any atom is -0.481 e. The van der Waals surface area contributed by atoms with Gasteiger partial charge in [0.15, 0.2) is 0 Å². The summed E-state index contributed by atoms with van der Waals surface area (Å²) >= 11 is 0. The number of carbonyl (C=O) groups is 1. The molecule has 0 amide bonds. The summed E-state index contributed by atoms with van der Waals surface area (Å²) in [6, 6.07) is 0. The summed E-state index contributed by atoms with van der Waals surface area (Å²) in [7, 11) is 0. The topological polar surface area (TPSA) is 55.1 Å². The molecule has 0 aliphatic heterocycles. The van der Waals surface area contributed by atoms with Crippen LogP contribution >= 0.6 is 0 Å². The zero-order chi connectivity index (χ0) is 13.9. The number of rotatable bonds is 3. The van der Waals surface area contributed by atoms with Crippen LogP contribution in [0.1, 0.15) is 57.1 Å². The van der Waals surface area contributed by atoms with E-state index in [1.807, 2.05) is 6.33 Å². The molecule has 1 aromatic rings. The summed E-state index contributed by atoms with van der Waals surface area (Å²) in [5.74, 6) is 1.35. The average molecular weight is 274 g/mol. The molecule has 0 radical (unpaired) electrons. The Balaban J connectivity index is 1.74. The second-order valence-corrected chi connectivity index (χ2v) is 7.39. The van der Waals surface area contributed by atoms with Gasteiger partial charge in [-0.05, 0) is 63.2 Å². The Morgan fingerprint density at radius 1 is 1.30 bits per heavy atom. The van der Waals surface area contributed by atoms with Gasteiger partial charge in [0.05, 0.1) is 17.9 Å². The Morgan fingerprint density at radius 3 is 2.35 bits per heavy atom. The van der Waals surface area contributed by atoms with E-state index in [9.17, 15) is 9.90 Å². The van der Waals surface area contributed by atoms with Crippen LogP contribution in [0.25, 0.3) is 0 Å². The van der Waals surface area contributed by atoms with Crippen LogP contribution in [0, 0.1) is 17.8 Å². The minimum absolute atomic E-state index is 0.171. The molecule has 1 unspecified atom stereocenters. The van der Waals surface area contributed by atoms with Gasteiger partial charge >= 0.3 is 5.97 Å². The fourth-order valence-electron chi connectivity index (χ4n) is 5.51. The van der Waals surface area contributed by atoms with E-state index in [1.165, 1.54) is 38.5 Å². The summed E-state index contributed by atoms with van der Waals surface area (Å²) in [5.41, 5.74) is 1.06. The van der Waals surface area contributed by atoms with Crippen LogP contribution in [0.5, 0.6) is 0 Å². The first kappa shape index (κ1) is 12.4. The summed E-state index contributed by atoms with van der Waals surface area (Å²) in [4.78, 5) is 15.6. The number of hydrogen-bond acceptors (Lipinski definition) is 2. The van der Waals surface area contributed by atoms with Crippen LogP contribution in [0.2, 0.25) is 0 Å². The highest BCUT2D eigenvalue weighted by molar-refractivity contribution is 5.74. The molecule has 0 saturated heterocycles. The minimum atomic E-state index is -0.753. The van der Waals surface area contributed by atoms with Gasteiger partial charge < -0.3 is 9.67 Å². The molecule has 1 aromatic heterocycles. The first-order valence-corrected chi connectivity index (χ1v) is 7.83. The number of aliphatic carboxylic acids is 1. The summed E-state index contributed by atoms with van der Waals surface area (Å²) in [6.07, 6.45) is 11.5. The van der Waals surface area contributed by atoms with Crippen molar-refractivity contribution in [3.8, 4) is 0 Å². The van der Waals surface area contributed by atoms with Gasteiger partial charge in [-0.15, -0.1) is 0 Å². The van der Waals surface area contributed by atoms with Gasteiger partial charge in [0, 0.05) is 11.7 Å². The molecule has 4 bridgehead atoms. The van der Waals surface area contributed by atoms with Gasteiger partial charge in [-0.1, -0.05) is 0 Å². The number of imidazole rings is 1. The maximum Gasteiger partial charge on any atom is 0.312 e. The molecule has 20 heavy (non-hydrogen) atoms. The molecular weight excluding hydrogens is 252 g/mol. The summed E-state index contributed by atoms with van der Waals surface area (Å²) in [6.45, 7) is 1.77. The first-order chi connectivity index (χ1) is 9.57. The second kappa shape index (κ2) is 4.09. The van der Waals surface area contributed by atoms with Crippen molar-refractivity contribution in [1.82, 2.24) is 9.55 Å². The lowest BCUT2D eigenvalue weighted by atomic mass is 9.53. The lowest BCUT2D eigenvalue weighted by molar-refractivity contribution is -0.138. The van der Waals surface area contributed by atoms with Gasteiger partial charge in [0.1, 0.15) is 0 Å². The fraction of sp³-hybridized carbons (Fsp3) is 0.750. The molecule has 1 N–H and O–H groups in total. The van der Waals surface area contributed by atoms with E-state index in [1.54, 1.807) is 13.1 Å². The Hall–Kier alpha value is -1.32. The third kappa shape index (κ3) is 1.66. The highest BCUT2D eigenvalue weighted by Gasteiger charge is 2.52. The van der Waals surface area contributed by atoms with Crippen LogP contribution in [0.3, 0.4) is 0 Å². The molecule has 1 atom stereocenters. The quantitative estimate of drug-likeness (QED) is 0.921. The molecule has 108 valence electrons. The smallest absolute Gasteiger partial charge is 0.312 e. The standard InChI is InChI=1S/C16H22N2O2/c1-10(15(19)20)14-8-17-9-18(14)16-5-11-2-12(6-16)4-13(3-11)7-16/h8-13H,2-7H2,1H3,(H,19,20). The van der Waals surface area contributed by atoms with E-state index < -0.39 is 11.9 Å². The van der Waals surface area contributed by atoms with E-state index in [-0.39, 0.29) is 5.54 Å². The fourth-order valence-corrected chi connectivity index (χ4v) is 5.51. The zero-order valence-corrected chi connectivity index (χ0v) is 12.0. The third-order valence-electron chi connectivity index (χ3n) is 6.00. The largest absolute Gasteiger partial charge is 0.481 e. The molecule has 1 heterocycles. The van der Waals surface area contributed by atoms with E-state index in [0.717, 1.165) is 23.4 Å². The van der Waals surface area contributed by atoms with Gasteiger partial charge in [0.25, 0.3) is 0 Å². The van der Waals surface area contributed by atoms with Crippen molar-refractivity contribution in [3.63, 3.8) is 0 Å². The molecule has 4 heteroatoms. The lowest BCUT2D eigenvalue weighted by Crippen LogP contribution is -2.52. The summed E-state index contributed by atoms with van der Waals surface area (Å²) < 4.78 is 2.25. The number of carboxylic acids is 1. The van der Waals surface area contributed by atoms with Gasteiger partial charge in [-0.25, -0.2) is 4.98 Å². The normalized spacial score (nSPS) is 40.0. The molecule has 4 nitrogen and oxygen atoms in total. The maximum atomic E-state index is 11.3. The lowest BCUT2D eigenvalue weighted by Gasteiger charge is -2.57. The van der Waals surface area contributed by atoms with E-state index in [2.05, 4.69) is 9.55 Å². The van der Waals surface area contributed by atoms with E-state index >= 15 is 0 Å². The predicted octanol–water partition coefficient (Wildman–Crippen LogP) is 3.00. The Bertz CT molecular complexity index is 513. The van der Waals surface area contributed by atoms with Crippen LogP contribution in [-0.2, 0) is 10.3 Å². The van der Waals surface area contributed by atoms with Crippen LogP contribution < -0.4 is 0 Å². The van der Waals surface area contributed by atoms with Crippen LogP contribution in [-0.4, -0.2) is 20.6 Å². The van der Waals surface area contributed by atoms with Crippen molar-refractivity contribution < 1.29 is 9.90 Å². The molecular formula is C16H22N2O2. The Morgan fingerprint density at radius 2 is 1.85 bits per heavy atom. The molecule has 0 aromatic carbocycles. The van der Waals surface area contributed by atoms with Gasteiger partial charge in [-0.3, -0.25) is 4.79 Å². The zero-order valence-electron chi connectivity index (χ0n) is 12.0. The van der Waals surface area contributed by atoms with Gasteiger partial charge in [-0.2, -0.15) is 0 Å². The second-order valence-electron chi connectivity index (χ2n) is 7.39. The van der Waals surface area contributed by atoms with Gasteiger partial charge in [0.2, 0.25) is 0 Å². The molecule has 4 aliphatic carbocycles. The van der Waals surface area contributed by atoms with Crippen molar-refractivity contribution in [2.24, 2.45) is 17.8 Å². The molecule has 4 fully saturated rings. The third-order valence-corrected chi connectivity index (χ3v) is 6.00. The molecule has 5 rings (SSSR count). The Kier molecular flexibility index (Phi) is 2.54. The van der Waals surface area contributed by atoms with Crippen molar-refractivity contribution in [2.45, 2.75) is 56.9 Å². The van der Waals surface area contributed by atoms with Crippen molar-refractivity contribution in [3.05, 3.63) is 18.2 Å². The monoisotopic (exact) mass is 274 g/mol. The van der Waals surface area contributed by atoms with Crippen molar-refractivity contribution in [2.75, 3.05) is 0 Å². The average Bonchev–Trinajstić information content (AvgIpc) is 2.85. The van der Waals surface area contributed by atoms with Crippen LogP contribution in [0.15, 0.2) is 12.5 Å². The number of hydrogen-bond donors (Lipinski definition) is 1. The number of carboxylic acid groups (broad SMARTS) is 1. The molecule has 4 saturated carbocycles. The van der Waals surface area contributed by atoms with E-state index in [0.29, 0.717) is 0 Å². The number of aromatic nitrogens is 2. The molecule has 4 aliphatic rings. The highest BCUT2D eigenvalue weighted by Crippen LogP contribution is 2.59. The Labute approximate surface area is 119 Å². The SMILES string of the molecule is CC(C(=O)O)c1cncn1C12CC3CC(CC(C3)C1)C2. The summed E-state index contributed by atoms with van der Waals surface area (Å²) in [5, 5.41) is 9.32.